The van der Waals surface area contributed by atoms with Gasteiger partial charge in [-0.3, -0.25) is 4.90 Å². The van der Waals surface area contributed by atoms with Crippen molar-refractivity contribution in [3.05, 3.63) is 21.9 Å². The van der Waals surface area contributed by atoms with Gasteiger partial charge in [-0.1, -0.05) is 11.8 Å². The van der Waals surface area contributed by atoms with Gasteiger partial charge in [0.15, 0.2) is 0 Å². The summed E-state index contributed by atoms with van der Waals surface area (Å²) in [6, 6.07) is 2.19. The first-order valence-corrected chi connectivity index (χ1v) is 7.48. The smallest absolute Gasteiger partial charge is 0.0555 e. The molecule has 1 aromatic rings. The molecule has 2 nitrogen and oxygen atoms in total. The molecule has 1 saturated heterocycles. The van der Waals surface area contributed by atoms with Crippen LogP contribution in [0.2, 0.25) is 0 Å². The van der Waals surface area contributed by atoms with Crippen LogP contribution in [0.25, 0.3) is 0 Å². The van der Waals surface area contributed by atoms with E-state index >= 15 is 0 Å². The molecule has 2 rings (SSSR count). The number of rotatable bonds is 2. The molecule has 0 atom stereocenters. The quantitative estimate of drug-likeness (QED) is 0.811. The fourth-order valence-corrected chi connectivity index (χ4v) is 3.50. The van der Waals surface area contributed by atoms with E-state index < -0.39 is 0 Å². The number of nitrogens with two attached hydrogens (primary N) is 1. The van der Waals surface area contributed by atoms with E-state index in [4.69, 9.17) is 5.73 Å². The molecule has 1 aliphatic rings. The first-order valence-electron chi connectivity index (χ1n) is 5.45. The molecule has 0 spiro atoms. The van der Waals surface area contributed by atoms with Gasteiger partial charge in [-0.25, -0.2) is 0 Å². The lowest BCUT2D eigenvalue weighted by atomic mass is 10.3. The SMILES string of the molecule is NCC#Cc1csc(CN2CCSCC2)c1. The maximum Gasteiger partial charge on any atom is 0.0555 e. The lowest BCUT2D eigenvalue weighted by molar-refractivity contribution is 0.297. The van der Waals surface area contributed by atoms with Crippen molar-refractivity contribution in [1.82, 2.24) is 4.90 Å². The van der Waals surface area contributed by atoms with Crippen LogP contribution in [-0.2, 0) is 6.54 Å². The zero-order valence-electron chi connectivity index (χ0n) is 9.24. The molecule has 16 heavy (non-hydrogen) atoms. The van der Waals surface area contributed by atoms with Gasteiger partial charge < -0.3 is 5.73 Å². The Morgan fingerprint density at radius 2 is 2.19 bits per heavy atom. The normalized spacial score (nSPS) is 16.8. The summed E-state index contributed by atoms with van der Waals surface area (Å²) in [5.74, 6) is 8.50. The van der Waals surface area contributed by atoms with Crippen LogP contribution < -0.4 is 5.73 Å². The summed E-state index contributed by atoms with van der Waals surface area (Å²) in [7, 11) is 0. The molecule has 0 aliphatic carbocycles. The highest BCUT2D eigenvalue weighted by atomic mass is 32.2. The van der Waals surface area contributed by atoms with Crippen LogP contribution in [0.5, 0.6) is 0 Å². The lowest BCUT2D eigenvalue weighted by Gasteiger charge is -2.25. The second-order valence-electron chi connectivity index (χ2n) is 3.70. The Bertz CT molecular complexity index is 383. The number of nitrogens with zero attached hydrogens (tertiary/aromatic N) is 1. The van der Waals surface area contributed by atoms with E-state index in [-0.39, 0.29) is 0 Å². The third-order valence-electron chi connectivity index (χ3n) is 2.47. The zero-order valence-corrected chi connectivity index (χ0v) is 10.9. The van der Waals surface area contributed by atoms with E-state index in [9.17, 15) is 0 Å². The van der Waals surface area contributed by atoms with E-state index in [0.29, 0.717) is 6.54 Å². The van der Waals surface area contributed by atoms with Crippen molar-refractivity contribution < 1.29 is 0 Å². The second kappa shape index (κ2) is 6.31. The summed E-state index contributed by atoms with van der Waals surface area (Å²) < 4.78 is 0. The van der Waals surface area contributed by atoms with Crippen molar-refractivity contribution in [3.8, 4) is 11.8 Å². The molecule has 2 N–H and O–H groups in total. The summed E-state index contributed by atoms with van der Waals surface area (Å²) in [5.41, 5.74) is 6.46. The summed E-state index contributed by atoms with van der Waals surface area (Å²) in [6.07, 6.45) is 0. The van der Waals surface area contributed by atoms with E-state index in [1.807, 2.05) is 0 Å². The third-order valence-corrected chi connectivity index (χ3v) is 4.34. The first-order chi connectivity index (χ1) is 7.88. The largest absolute Gasteiger partial charge is 0.320 e. The highest BCUT2D eigenvalue weighted by Gasteiger charge is 2.11. The Hall–Kier alpha value is -0.470. The van der Waals surface area contributed by atoms with Crippen molar-refractivity contribution >= 4 is 23.1 Å². The van der Waals surface area contributed by atoms with Gasteiger partial charge in [-0.05, 0) is 6.07 Å². The average Bonchev–Trinajstić information content (AvgIpc) is 2.75. The molecular weight excluding hydrogens is 236 g/mol. The standard InChI is InChI=1S/C12H16N2S2/c13-3-1-2-11-8-12(16-10-11)9-14-4-6-15-7-5-14/h8,10H,3-7,9,13H2. The minimum Gasteiger partial charge on any atom is -0.320 e. The number of hydrogen-bond acceptors (Lipinski definition) is 4. The Morgan fingerprint density at radius 3 is 2.94 bits per heavy atom. The van der Waals surface area contributed by atoms with Gasteiger partial charge in [0, 0.05) is 47.0 Å². The monoisotopic (exact) mass is 252 g/mol. The summed E-state index contributed by atoms with van der Waals surface area (Å²) in [4.78, 5) is 3.93. The van der Waals surface area contributed by atoms with Crippen LogP contribution in [0.4, 0.5) is 0 Å². The van der Waals surface area contributed by atoms with E-state index in [2.05, 4.69) is 39.9 Å². The molecule has 0 unspecified atom stereocenters. The summed E-state index contributed by atoms with van der Waals surface area (Å²) in [6.45, 7) is 3.95. The van der Waals surface area contributed by atoms with Crippen LogP contribution in [-0.4, -0.2) is 36.0 Å². The van der Waals surface area contributed by atoms with Crippen molar-refractivity contribution in [1.29, 1.82) is 0 Å². The Balaban J connectivity index is 1.91. The van der Waals surface area contributed by atoms with Crippen molar-refractivity contribution in [2.24, 2.45) is 5.73 Å². The Kier molecular flexibility index (Phi) is 4.73. The van der Waals surface area contributed by atoms with Gasteiger partial charge in [-0.15, -0.1) is 11.3 Å². The molecule has 86 valence electrons. The molecule has 0 amide bonds. The van der Waals surface area contributed by atoms with Gasteiger partial charge in [0.1, 0.15) is 0 Å². The van der Waals surface area contributed by atoms with Crippen molar-refractivity contribution in [2.75, 3.05) is 31.1 Å². The number of hydrogen-bond donors (Lipinski definition) is 1. The zero-order chi connectivity index (χ0) is 11.2. The molecule has 0 saturated carbocycles. The van der Waals surface area contributed by atoms with Gasteiger partial charge >= 0.3 is 0 Å². The lowest BCUT2D eigenvalue weighted by Crippen LogP contribution is -2.31. The van der Waals surface area contributed by atoms with Crippen LogP contribution in [0.1, 0.15) is 10.4 Å². The minimum absolute atomic E-state index is 0.439. The summed E-state index contributed by atoms with van der Waals surface area (Å²) >= 11 is 3.85. The maximum absolute atomic E-state index is 5.35. The average molecular weight is 252 g/mol. The van der Waals surface area contributed by atoms with E-state index in [1.165, 1.54) is 29.5 Å². The highest BCUT2D eigenvalue weighted by molar-refractivity contribution is 7.99. The Morgan fingerprint density at radius 1 is 1.38 bits per heavy atom. The molecule has 0 aromatic carbocycles. The predicted molar refractivity (Wildman–Crippen MR) is 72.9 cm³/mol. The molecule has 0 radical (unpaired) electrons. The second-order valence-corrected chi connectivity index (χ2v) is 5.92. The fraction of sp³-hybridized carbons (Fsp3) is 0.500. The molecular formula is C12H16N2S2. The predicted octanol–water partition coefficient (Wildman–Crippen LogP) is 1.61. The molecule has 0 bridgehead atoms. The third kappa shape index (κ3) is 3.53. The number of thioether (sulfide) groups is 1. The first kappa shape index (κ1) is 12.0. The van der Waals surface area contributed by atoms with Crippen LogP contribution in [0.3, 0.4) is 0 Å². The van der Waals surface area contributed by atoms with Gasteiger partial charge in [0.2, 0.25) is 0 Å². The molecule has 1 aliphatic heterocycles. The molecule has 1 fully saturated rings. The molecule has 2 heterocycles. The van der Waals surface area contributed by atoms with Gasteiger partial charge in [0.05, 0.1) is 6.54 Å². The van der Waals surface area contributed by atoms with Crippen molar-refractivity contribution in [2.45, 2.75) is 6.54 Å². The van der Waals surface area contributed by atoms with E-state index in [0.717, 1.165) is 12.1 Å². The van der Waals surface area contributed by atoms with Crippen LogP contribution in [0, 0.1) is 11.8 Å². The Labute approximate surface area is 105 Å². The van der Waals surface area contributed by atoms with Crippen molar-refractivity contribution in [3.63, 3.8) is 0 Å². The van der Waals surface area contributed by atoms with Gasteiger partial charge in [-0.2, -0.15) is 11.8 Å². The topological polar surface area (TPSA) is 29.3 Å². The minimum atomic E-state index is 0.439. The maximum atomic E-state index is 5.35. The highest BCUT2D eigenvalue weighted by Crippen LogP contribution is 2.18. The van der Waals surface area contributed by atoms with Gasteiger partial charge in [0.25, 0.3) is 0 Å². The molecule has 1 aromatic heterocycles. The fourth-order valence-electron chi connectivity index (χ4n) is 1.66. The summed E-state index contributed by atoms with van der Waals surface area (Å²) in [5, 5.41) is 2.12. The van der Waals surface area contributed by atoms with Crippen LogP contribution in [0.15, 0.2) is 11.4 Å². The number of thiophene rings is 1. The van der Waals surface area contributed by atoms with E-state index in [1.54, 1.807) is 11.3 Å². The molecule has 4 heteroatoms. The van der Waals surface area contributed by atoms with Crippen LogP contribution >= 0.6 is 23.1 Å².